The van der Waals surface area contributed by atoms with Crippen LogP contribution in [0.5, 0.6) is 0 Å². The molecule has 0 saturated heterocycles. The van der Waals surface area contributed by atoms with E-state index in [0.717, 1.165) is 5.69 Å². The number of carbonyl (C=O) groups is 1. The van der Waals surface area contributed by atoms with Gasteiger partial charge in [-0.25, -0.2) is 0 Å². The van der Waals surface area contributed by atoms with Crippen LogP contribution in [0.15, 0.2) is 16.7 Å². The molecule has 2 aromatic heterocycles. The molecule has 6 nitrogen and oxygen atoms in total. The van der Waals surface area contributed by atoms with Gasteiger partial charge in [0.15, 0.2) is 5.69 Å². The molecule has 1 amide bonds. The van der Waals surface area contributed by atoms with Crippen LogP contribution in [0, 0.1) is 6.92 Å². The van der Waals surface area contributed by atoms with Gasteiger partial charge in [0.25, 0.3) is 0 Å². The van der Waals surface area contributed by atoms with Crippen molar-refractivity contribution in [2.24, 2.45) is 7.05 Å². The van der Waals surface area contributed by atoms with Crippen molar-refractivity contribution in [1.29, 1.82) is 0 Å². The van der Waals surface area contributed by atoms with Gasteiger partial charge < -0.3 is 4.90 Å². The Balaban J connectivity index is 1.99. The largest absolute Gasteiger partial charge is 0.436 e. The summed E-state index contributed by atoms with van der Waals surface area (Å²) in [5.74, 6) is -0.194. The predicted molar refractivity (Wildman–Crippen MR) is 84.0 cm³/mol. The molecule has 0 spiro atoms. The van der Waals surface area contributed by atoms with Gasteiger partial charge in [-0.1, -0.05) is 0 Å². The summed E-state index contributed by atoms with van der Waals surface area (Å²) in [7, 11) is 3.41. The average Bonchev–Trinajstić information content (AvgIpc) is 3.01. The SMILES string of the molecule is Cc1c(Br)c(C(F)(F)F)nn1CCC(=O)N(C)Cc1ccn(C)n1. The summed E-state index contributed by atoms with van der Waals surface area (Å²) >= 11 is 2.91. The molecule has 0 atom stereocenters. The fourth-order valence-corrected chi connectivity index (χ4v) is 2.70. The van der Waals surface area contributed by atoms with Crippen LogP contribution in [0.2, 0.25) is 0 Å². The lowest BCUT2D eigenvalue weighted by Crippen LogP contribution is -2.27. The van der Waals surface area contributed by atoms with Gasteiger partial charge in [0.1, 0.15) is 0 Å². The lowest BCUT2D eigenvalue weighted by atomic mass is 10.3. The van der Waals surface area contributed by atoms with E-state index in [9.17, 15) is 18.0 Å². The van der Waals surface area contributed by atoms with Crippen LogP contribution in [0.1, 0.15) is 23.5 Å². The van der Waals surface area contributed by atoms with Gasteiger partial charge in [-0.3, -0.25) is 14.2 Å². The summed E-state index contributed by atoms with van der Waals surface area (Å²) in [5.41, 5.74) is 0.0996. The normalized spacial score (nSPS) is 11.8. The number of amides is 1. The van der Waals surface area contributed by atoms with Gasteiger partial charge in [-0.2, -0.15) is 23.4 Å². The Hall–Kier alpha value is -1.84. The van der Waals surface area contributed by atoms with E-state index in [1.54, 1.807) is 31.0 Å². The van der Waals surface area contributed by atoms with Crippen LogP contribution in [0.4, 0.5) is 13.2 Å². The fourth-order valence-electron chi connectivity index (χ4n) is 2.19. The van der Waals surface area contributed by atoms with Crippen molar-refractivity contribution < 1.29 is 18.0 Å². The van der Waals surface area contributed by atoms with Crippen molar-refractivity contribution in [3.05, 3.63) is 33.8 Å². The van der Waals surface area contributed by atoms with Crippen LogP contribution in [-0.2, 0) is 31.1 Å². The maximum atomic E-state index is 12.8. The van der Waals surface area contributed by atoms with E-state index in [1.807, 2.05) is 0 Å². The quantitative estimate of drug-likeness (QED) is 0.765. The second-order valence-electron chi connectivity index (χ2n) is 5.45. The molecule has 10 heteroatoms. The molecule has 0 saturated carbocycles. The van der Waals surface area contributed by atoms with Crippen LogP contribution >= 0.6 is 15.9 Å². The molecule has 0 aliphatic rings. The molecule has 132 valence electrons. The highest BCUT2D eigenvalue weighted by Gasteiger charge is 2.37. The van der Waals surface area contributed by atoms with Gasteiger partial charge in [0, 0.05) is 26.7 Å². The highest BCUT2D eigenvalue weighted by Crippen LogP contribution is 2.35. The second-order valence-corrected chi connectivity index (χ2v) is 6.24. The molecule has 0 unspecified atom stereocenters. The molecule has 2 aromatic rings. The first-order chi connectivity index (χ1) is 11.1. The zero-order valence-electron chi connectivity index (χ0n) is 13.4. The second kappa shape index (κ2) is 6.96. The highest BCUT2D eigenvalue weighted by atomic mass is 79.9. The third kappa shape index (κ3) is 4.16. The van der Waals surface area contributed by atoms with Crippen molar-refractivity contribution in [2.45, 2.75) is 32.6 Å². The van der Waals surface area contributed by atoms with E-state index in [4.69, 9.17) is 0 Å². The molecule has 2 heterocycles. The maximum absolute atomic E-state index is 12.8. The molecule has 0 aromatic carbocycles. The number of hydrogen-bond acceptors (Lipinski definition) is 3. The minimum absolute atomic E-state index is 0.0512. The minimum Gasteiger partial charge on any atom is -0.340 e. The first-order valence-corrected chi connectivity index (χ1v) is 7.91. The molecular weight excluding hydrogens is 391 g/mol. The fraction of sp³-hybridized carbons (Fsp3) is 0.500. The molecule has 0 aliphatic heterocycles. The van der Waals surface area contributed by atoms with E-state index >= 15 is 0 Å². The zero-order chi connectivity index (χ0) is 18.1. The maximum Gasteiger partial charge on any atom is 0.436 e. The standard InChI is InChI=1S/C14H17BrF3N5O/c1-9-12(15)13(14(16,17)18)20-23(9)7-5-11(24)21(2)8-10-4-6-22(3)19-10/h4,6H,5,7-8H2,1-3H3. The number of carbonyl (C=O) groups excluding carboxylic acids is 1. The van der Waals surface area contributed by atoms with Crippen molar-refractivity contribution in [3.8, 4) is 0 Å². The molecule has 24 heavy (non-hydrogen) atoms. The lowest BCUT2D eigenvalue weighted by molar-refractivity contribution is -0.142. The summed E-state index contributed by atoms with van der Waals surface area (Å²) < 4.78 is 41.2. The third-order valence-electron chi connectivity index (χ3n) is 3.53. The van der Waals surface area contributed by atoms with E-state index < -0.39 is 11.9 Å². The van der Waals surface area contributed by atoms with Crippen LogP contribution in [0.25, 0.3) is 0 Å². The summed E-state index contributed by atoms with van der Waals surface area (Å²) in [6.07, 6.45) is -2.71. The first kappa shape index (κ1) is 18.5. The zero-order valence-corrected chi connectivity index (χ0v) is 15.0. The Morgan fingerprint density at radius 1 is 1.38 bits per heavy atom. The Morgan fingerprint density at radius 3 is 2.54 bits per heavy atom. The molecule has 0 bridgehead atoms. The molecule has 0 fully saturated rings. The minimum atomic E-state index is -4.53. The highest BCUT2D eigenvalue weighted by molar-refractivity contribution is 9.10. The first-order valence-electron chi connectivity index (χ1n) is 7.12. The topological polar surface area (TPSA) is 56.0 Å². The van der Waals surface area contributed by atoms with Crippen LogP contribution in [-0.4, -0.2) is 37.4 Å². The number of halogens is 4. The van der Waals surface area contributed by atoms with Gasteiger partial charge in [0.2, 0.25) is 5.91 Å². The Bertz CT molecular complexity index is 737. The third-order valence-corrected chi connectivity index (χ3v) is 4.48. The smallest absolute Gasteiger partial charge is 0.340 e. The Kier molecular flexibility index (Phi) is 5.36. The molecule has 0 radical (unpaired) electrons. The van der Waals surface area contributed by atoms with Gasteiger partial charge in [-0.05, 0) is 28.9 Å². The summed E-state index contributed by atoms with van der Waals surface area (Å²) in [5, 5.41) is 7.74. The number of aromatic nitrogens is 4. The van der Waals surface area contributed by atoms with Crippen molar-refractivity contribution in [1.82, 2.24) is 24.5 Å². The summed E-state index contributed by atoms with van der Waals surface area (Å²) in [6, 6.07) is 1.80. The van der Waals surface area contributed by atoms with Crippen molar-refractivity contribution in [2.75, 3.05) is 7.05 Å². The van der Waals surface area contributed by atoms with Gasteiger partial charge >= 0.3 is 6.18 Å². The van der Waals surface area contributed by atoms with Crippen molar-refractivity contribution in [3.63, 3.8) is 0 Å². The van der Waals surface area contributed by atoms with Crippen LogP contribution < -0.4 is 0 Å². The number of rotatable bonds is 5. The molecule has 0 N–H and O–H groups in total. The Labute approximate surface area is 145 Å². The molecular formula is C14H17BrF3N5O. The number of alkyl halides is 3. The lowest BCUT2D eigenvalue weighted by Gasteiger charge is -2.16. The van der Waals surface area contributed by atoms with E-state index in [1.165, 1.54) is 16.5 Å². The molecule has 2 rings (SSSR count). The summed E-state index contributed by atoms with van der Waals surface area (Å²) in [4.78, 5) is 13.6. The van der Waals surface area contributed by atoms with Gasteiger partial charge in [-0.15, -0.1) is 0 Å². The molecule has 0 aliphatic carbocycles. The van der Waals surface area contributed by atoms with Crippen LogP contribution in [0.3, 0.4) is 0 Å². The van der Waals surface area contributed by atoms with E-state index in [2.05, 4.69) is 26.1 Å². The Morgan fingerprint density at radius 2 is 2.04 bits per heavy atom. The van der Waals surface area contributed by atoms with E-state index in [-0.39, 0.29) is 23.3 Å². The van der Waals surface area contributed by atoms with Gasteiger partial charge in [0.05, 0.1) is 29.0 Å². The number of nitrogens with zero attached hydrogens (tertiary/aromatic N) is 5. The van der Waals surface area contributed by atoms with E-state index in [0.29, 0.717) is 12.2 Å². The number of hydrogen-bond donors (Lipinski definition) is 0. The monoisotopic (exact) mass is 407 g/mol. The average molecular weight is 408 g/mol. The summed E-state index contributed by atoms with van der Waals surface area (Å²) in [6.45, 7) is 1.94. The number of aryl methyl sites for hydroxylation is 2. The van der Waals surface area contributed by atoms with Crippen molar-refractivity contribution >= 4 is 21.8 Å². The predicted octanol–water partition coefficient (Wildman–Crippen LogP) is 2.76.